The molecule has 0 saturated carbocycles. The largest absolute Gasteiger partial charge is 0.443 e. The minimum absolute atomic E-state index is 0.117. The van der Waals surface area contributed by atoms with E-state index in [2.05, 4.69) is 4.98 Å². The minimum atomic E-state index is -4.53. The highest BCUT2D eigenvalue weighted by Gasteiger charge is 2.36. The second-order valence-electron chi connectivity index (χ2n) is 3.36. The van der Waals surface area contributed by atoms with Crippen LogP contribution < -0.4 is 0 Å². The van der Waals surface area contributed by atoms with E-state index in [1.54, 1.807) is 13.0 Å². The van der Waals surface area contributed by atoms with Crippen LogP contribution in [0.5, 0.6) is 0 Å². The number of thiazole rings is 1. The first-order valence-electron chi connectivity index (χ1n) is 5.16. The lowest BCUT2D eigenvalue weighted by atomic mass is 10.2. The summed E-state index contributed by atoms with van der Waals surface area (Å²) in [4.78, 5) is 15.1. The first kappa shape index (κ1) is 14.8. The van der Waals surface area contributed by atoms with E-state index in [4.69, 9.17) is 4.74 Å². The molecule has 1 heterocycles. The van der Waals surface area contributed by atoms with Crippen LogP contribution in [-0.2, 0) is 10.9 Å². The smallest absolute Gasteiger partial charge is 0.381 e. The van der Waals surface area contributed by atoms with E-state index in [0.29, 0.717) is 11.3 Å². The third-order valence-corrected chi connectivity index (χ3v) is 3.08. The lowest BCUT2D eigenvalue weighted by Gasteiger charge is -1.98. The summed E-state index contributed by atoms with van der Waals surface area (Å²) in [6.45, 7) is 1.84. The predicted octanol–water partition coefficient (Wildman–Crippen LogP) is 3.41. The van der Waals surface area contributed by atoms with Gasteiger partial charge in [-0.25, -0.2) is 4.98 Å². The quantitative estimate of drug-likeness (QED) is 0.775. The van der Waals surface area contributed by atoms with Crippen molar-refractivity contribution in [3.63, 3.8) is 0 Å². The molecule has 100 valence electrons. The number of aromatic nitrogens is 1. The van der Waals surface area contributed by atoms with Crippen LogP contribution in [0.3, 0.4) is 0 Å². The predicted molar refractivity (Wildman–Crippen MR) is 62.6 cm³/mol. The third-order valence-electron chi connectivity index (χ3n) is 2.01. The fraction of sp³-hybridized carbons (Fsp3) is 0.455. The molecular formula is C11H12F3NO2S. The van der Waals surface area contributed by atoms with Gasteiger partial charge in [0, 0.05) is 13.5 Å². The molecule has 0 aliphatic rings. The van der Waals surface area contributed by atoms with Crippen LogP contribution in [0.25, 0.3) is 6.08 Å². The Bertz CT molecular complexity index is 452. The van der Waals surface area contributed by atoms with E-state index < -0.39 is 17.0 Å². The Morgan fingerprint density at radius 1 is 1.50 bits per heavy atom. The van der Waals surface area contributed by atoms with Gasteiger partial charge in [0.2, 0.25) is 0 Å². The highest BCUT2D eigenvalue weighted by molar-refractivity contribution is 7.13. The number of hydrogen-bond donors (Lipinski definition) is 0. The first-order chi connectivity index (χ1) is 8.40. The van der Waals surface area contributed by atoms with Crippen LogP contribution in [0, 0.1) is 0 Å². The average molecular weight is 279 g/mol. The van der Waals surface area contributed by atoms with Crippen LogP contribution in [0.1, 0.15) is 33.7 Å². The van der Waals surface area contributed by atoms with E-state index >= 15 is 0 Å². The Hall–Kier alpha value is -1.21. The lowest BCUT2D eigenvalue weighted by Crippen LogP contribution is -2.06. The second kappa shape index (κ2) is 6.10. The van der Waals surface area contributed by atoms with Crippen molar-refractivity contribution >= 4 is 23.2 Å². The molecule has 0 aromatic carbocycles. The number of methoxy groups -OCH3 is 1. The summed E-state index contributed by atoms with van der Waals surface area (Å²) in [6, 6.07) is 0. The lowest BCUT2D eigenvalue weighted by molar-refractivity contribution is -0.137. The van der Waals surface area contributed by atoms with Crippen LogP contribution in [0.4, 0.5) is 13.2 Å². The minimum Gasteiger partial charge on any atom is -0.381 e. The van der Waals surface area contributed by atoms with Crippen molar-refractivity contribution in [2.75, 3.05) is 13.7 Å². The molecule has 0 radical (unpaired) electrons. The zero-order valence-electron chi connectivity index (χ0n) is 9.87. The number of hydrogen-bond acceptors (Lipinski definition) is 4. The number of Topliss-reactive ketones (excluding diaryl/α,β-unsaturated/α-hetero) is 1. The van der Waals surface area contributed by atoms with Gasteiger partial charge in [-0.2, -0.15) is 13.2 Å². The van der Waals surface area contributed by atoms with Crippen LogP contribution >= 0.6 is 11.3 Å². The highest BCUT2D eigenvalue weighted by Crippen LogP contribution is 2.35. The van der Waals surface area contributed by atoms with Crippen molar-refractivity contribution in [1.82, 2.24) is 4.98 Å². The Labute approximate surface area is 106 Å². The van der Waals surface area contributed by atoms with Gasteiger partial charge in [-0.05, 0) is 6.08 Å². The van der Waals surface area contributed by atoms with E-state index in [1.165, 1.54) is 13.2 Å². The first-order valence-corrected chi connectivity index (χ1v) is 5.98. The molecular weight excluding hydrogens is 267 g/mol. The van der Waals surface area contributed by atoms with Crippen LogP contribution in [0.2, 0.25) is 0 Å². The van der Waals surface area contributed by atoms with Crippen LogP contribution in [-0.4, -0.2) is 24.5 Å². The molecule has 1 rings (SSSR count). The van der Waals surface area contributed by atoms with Gasteiger partial charge in [-0.1, -0.05) is 13.0 Å². The van der Waals surface area contributed by atoms with Crippen molar-refractivity contribution in [2.24, 2.45) is 0 Å². The number of ketones is 1. The van der Waals surface area contributed by atoms with Gasteiger partial charge >= 0.3 is 6.18 Å². The summed E-state index contributed by atoms with van der Waals surface area (Å²) in [5.41, 5.74) is -0.123. The van der Waals surface area contributed by atoms with E-state index in [1.807, 2.05) is 0 Å². The van der Waals surface area contributed by atoms with Crippen molar-refractivity contribution in [2.45, 2.75) is 19.5 Å². The normalized spacial score (nSPS) is 12.3. The molecule has 0 fully saturated rings. The number of rotatable bonds is 5. The molecule has 0 aliphatic heterocycles. The average Bonchev–Trinajstić information content (AvgIpc) is 2.72. The van der Waals surface area contributed by atoms with E-state index in [9.17, 15) is 18.0 Å². The highest BCUT2D eigenvalue weighted by atomic mass is 32.1. The molecule has 0 N–H and O–H groups in total. The molecule has 0 atom stereocenters. The maximum Gasteiger partial charge on any atom is 0.443 e. The zero-order chi connectivity index (χ0) is 13.8. The van der Waals surface area contributed by atoms with Gasteiger partial charge in [-0.15, -0.1) is 11.3 Å². The maximum absolute atomic E-state index is 12.5. The van der Waals surface area contributed by atoms with Crippen molar-refractivity contribution in [1.29, 1.82) is 0 Å². The van der Waals surface area contributed by atoms with Gasteiger partial charge in [-0.3, -0.25) is 4.79 Å². The summed E-state index contributed by atoms with van der Waals surface area (Å²) in [5.74, 6) is -0.404. The number of halogens is 3. The molecule has 0 bridgehead atoms. The van der Waals surface area contributed by atoms with Crippen molar-refractivity contribution in [3.8, 4) is 0 Å². The Morgan fingerprint density at radius 3 is 2.67 bits per heavy atom. The van der Waals surface area contributed by atoms with Crippen molar-refractivity contribution < 1.29 is 22.7 Å². The zero-order valence-corrected chi connectivity index (χ0v) is 10.7. The fourth-order valence-corrected chi connectivity index (χ4v) is 2.07. The number of carbonyl (C=O) groups excluding carboxylic acids is 1. The van der Waals surface area contributed by atoms with Gasteiger partial charge < -0.3 is 4.74 Å². The summed E-state index contributed by atoms with van der Waals surface area (Å²) < 4.78 is 42.3. The summed E-state index contributed by atoms with van der Waals surface area (Å²) in [7, 11) is 1.47. The molecule has 1 aromatic rings. The maximum atomic E-state index is 12.5. The van der Waals surface area contributed by atoms with Gasteiger partial charge in [0.25, 0.3) is 0 Å². The van der Waals surface area contributed by atoms with Gasteiger partial charge in [0.15, 0.2) is 10.8 Å². The molecule has 1 aromatic heterocycles. The molecule has 0 amide bonds. The third kappa shape index (κ3) is 3.64. The summed E-state index contributed by atoms with van der Waals surface area (Å²) >= 11 is 0.461. The Kier molecular flexibility index (Phi) is 5.03. The standard InChI is InChI=1S/C11H12F3NO2S/c1-3-7(16)9-8(5-4-6-17-2)18-10(15-9)11(12,13)14/h4-5H,3,6H2,1-2H3/b5-4+. The SMILES string of the molecule is CCC(=O)c1nc(C(F)(F)F)sc1/C=C/COC. The monoisotopic (exact) mass is 279 g/mol. The number of carbonyl (C=O) groups is 1. The molecule has 0 spiro atoms. The molecule has 18 heavy (non-hydrogen) atoms. The fourth-order valence-electron chi connectivity index (χ4n) is 1.18. The Morgan fingerprint density at radius 2 is 2.17 bits per heavy atom. The van der Waals surface area contributed by atoms with E-state index in [0.717, 1.165) is 0 Å². The van der Waals surface area contributed by atoms with Crippen molar-refractivity contribution in [3.05, 3.63) is 21.7 Å². The molecule has 7 heteroatoms. The topological polar surface area (TPSA) is 39.2 Å². The Balaban J connectivity index is 3.13. The van der Waals surface area contributed by atoms with E-state index in [-0.39, 0.29) is 23.6 Å². The van der Waals surface area contributed by atoms with Crippen LogP contribution in [0.15, 0.2) is 6.08 Å². The van der Waals surface area contributed by atoms with Gasteiger partial charge in [0.1, 0.15) is 5.69 Å². The molecule has 3 nitrogen and oxygen atoms in total. The second-order valence-corrected chi connectivity index (χ2v) is 4.39. The number of ether oxygens (including phenoxy) is 1. The molecule has 0 saturated heterocycles. The van der Waals surface area contributed by atoms with Gasteiger partial charge in [0.05, 0.1) is 11.5 Å². The summed E-state index contributed by atoms with van der Waals surface area (Å²) in [6.07, 6.45) is -1.44. The number of nitrogens with zero attached hydrogens (tertiary/aromatic N) is 1. The molecule has 0 aliphatic carbocycles. The molecule has 0 unspecified atom stereocenters. The number of alkyl halides is 3. The summed E-state index contributed by atoms with van der Waals surface area (Å²) in [5, 5.41) is -1.00.